The molecule has 1 aromatic heterocycles. The van der Waals surface area contributed by atoms with Crippen LogP contribution in [0.4, 0.5) is 21.0 Å². The number of benzene rings is 1. The highest BCUT2D eigenvalue weighted by atomic mass is 35.5. The van der Waals surface area contributed by atoms with E-state index in [1.807, 2.05) is 0 Å². The molecule has 2 fully saturated rings. The summed E-state index contributed by atoms with van der Waals surface area (Å²) in [6.07, 6.45) is -0.306. The van der Waals surface area contributed by atoms with Crippen LogP contribution in [-0.2, 0) is 4.74 Å². The van der Waals surface area contributed by atoms with Gasteiger partial charge in [0.15, 0.2) is 0 Å². The maximum Gasteiger partial charge on any atom is 0.414 e. The van der Waals surface area contributed by atoms with E-state index in [1.54, 1.807) is 40.1 Å². The Hall–Kier alpha value is -2.53. The maximum atomic E-state index is 12.7. The zero-order chi connectivity index (χ0) is 23.5. The van der Waals surface area contributed by atoms with Crippen LogP contribution in [0.1, 0.15) is 16.1 Å². The van der Waals surface area contributed by atoms with Crippen molar-refractivity contribution in [1.82, 2.24) is 10.2 Å². The van der Waals surface area contributed by atoms with Gasteiger partial charge in [-0.15, -0.1) is 11.3 Å². The second-order valence-electron chi connectivity index (χ2n) is 7.56. The predicted molar refractivity (Wildman–Crippen MR) is 127 cm³/mol. The number of ether oxygens (including phenoxy) is 1. The second-order valence-corrected chi connectivity index (χ2v) is 9.69. The van der Waals surface area contributed by atoms with E-state index < -0.39 is 12.2 Å². The molecular formula is C21H22Cl2N4O5S. The van der Waals surface area contributed by atoms with E-state index in [9.17, 15) is 14.4 Å². The summed E-state index contributed by atoms with van der Waals surface area (Å²) in [4.78, 5) is 42.4. The number of anilines is 2. The molecule has 3 heterocycles. The van der Waals surface area contributed by atoms with Gasteiger partial charge in [0.05, 0.1) is 39.6 Å². The maximum absolute atomic E-state index is 12.7. The number of rotatable bonds is 7. The molecule has 33 heavy (non-hydrogen) atoms. The number of halogens is 2. The minimum Gasteiger partial charge on any atom is -0.442 e. The Morgan fingerprint density at radius 1 is 1.18 bits per heavy atom. The lowest BCUT2D eigenvalue weighted by atomic mass is 10.2. The summed E-state index contributed by atoms with van der Waals surface area (Å²) in [6.45, 7) is 1.66. The van der Waals surface area contributed by atoms with Crippen molar-refractivity contribution in [3.8, 4) is 0 Å². The minimum absolute atomic E-state index is 0.105. The largest absolute Gasteiger partial charge is 0.442 e. The first-order valence-corrected chi connectivity index (χ1v) is 11.9. The van der Waals surface area contributed by atoms with E-state index in [1.165, 1.54) is 16.2 Å². The first-order chi connectivity index (χ1) is 15.9. The van der Waals surface area contributed by atoms with Crippen molar-refractivity contribution in [2.24, 2.45) is 0 Å². The van der Waals surface area contributed by atoms with Crippen molar-refractivity contribution in [2.75, 3.05) is 49.1 Å². The topological polar surface area (TPSA) is 102 Å². The van der Waals surface area contributed by atoms with Crippen LogP contribution in [0.25, 0.3) is 0 Å². The third kappa shape index (κ3) is 5.19. The SMILES string of the molecule is O=C(NCC1CN(c2ccc(N3CCCN(CCO)C3=O)c(Cl)c2)C(=O)O1)c1ccc(Cl)s1. The summed E-state index contributed by atoms with van der Waals surface area (Å²) >= 11 is 13.5. The van der Waals surface area contributed by atoms with Crippen LogP contribution >= 0.6 is 34.5 Å². The van der Waals surface area contributed by atoms with Gasteiger partial charge in [0.25, 0.3) is 5.91 Å². The van der Waals surface area contributed by atoms with Crippen LogP contribution in [0.2, 0.25) is 9.36 Å². The number of thiophene rings is 1. The molecule has 12 heteroatoms. The van der Waals surface area contributed by atoms with Crippen molar-refractivity contribution < 1.29 is 24.2 Å². The van der Waals surface area contributed by atoms with E-state index in [2.05, 4.69) is 5.32 Å². The molecule has 2 saturated heterocycles. The Morgan fingerprint density at radius 3 is 2.70 bits per heavy atom. The van der Waals surface area contributed by atoms with Crippen LogP contribution in [0.5, 0.6) is 0 Å². The molecule has 1 aromatic carbocycles. The third-order valence-corrected chi connectivity index (χ3v) is 6.91. The van der Waals surface area contributed by atoms with Gasteiger partial charge in [-0.05, 0) is 36.8 Å². The fourth-order valence-corrected chi connectivity index (χ4v) is 5.02. The third-order valence-electron chi connectivity index (χ3n) is 5.38. The number of nitrogens with zero attached hydrogens (tertiary/aromatic N) is 3. The van der Waals surface area contributed by atoms with Gasteiger partial charge < -0.3 is 20.1 Å². The van der Waals surface area contributed by atoms with E-state index in [-0.39, 0.29) is 38.2 Å². The Kier molecular flexibility index (Phi) is 7.28. The molecule has 4 rings (SSSR count). The Bertz CT molecular complexity index is 1060. The molecule has 1 unspecified atom stereocenters. The molecule has 0 bridgehead atoms. The van der Waals surface area contributed by atoms with Crippen LogP contribution < -0.4 is 15.1 Å². The molecule has 0 saturated carbocycles. The Morgan fingerprint density at radius 2 is 2.00 bits per heavy atom. The highest BCUT2D eigenvalue weighted by molar-refractivity contribution is 7.18. The van der Waals surface area contributed by atoms with Gasteiger partial charge in [0.1, 0.15) is 6.10 Å². The van der Waals surface area contributed by atoms with Crippen molar-refractivity contribution in [1.29, 1.82) is 0 Å². The lowest BCUT2D eigenvalue weighted by Crippen LogP contribution is -2.50. The summed E-state index contributed by atoms with van der Waals surface area (Å²) in [5.74, 6) is -0.282. The van der Waals surface area contributed by atoms with Gasteiger partial charge in [0, 0.05) is 25.3 Å². The number of β-amino-alcohol motifs (C(OH)–C–C–N with tert-alkyl or cyclic N) is 1. The van der Waals surface area contributed by atoms with Crippen molar-refractivity contribution >= 4 is 63.9 Å². The van der Waals surface area contributed by atoms with E-state index in [0.717, 1.165) is 6.42 Å². The lowest BCUT2D eigenvalue weighted by Gasteiger charge is -2.35. The molecule has 2 aliphatic heterocycles. The molecule has 2 N–H and O–H groups in total. The normalized spacial score (nSPS) is 18.6. The van der Waals surface area contributed by atoms with Crippen molar-refractivity contribution in [3.63, 3.8) is 0 Å². The van der Waals surface area contributed by atoms with Crippen LogP contribution in [0.15, 0.2) is 30.3 Å². The zero-order valence-corrected chi connectivity index (χ0v) is 19.8. The molecule has 2 aliphatic rings. The number of amides is 4. The van der Waals surface area contributed by atoms with Gasteiger partial charge in [-0.3, -0.25) is 14.6 Å². The first kappa shape index (κ1) is 23.6. The second kappa shape index (κ2) is 10.2. The number of cyclic esters (lactones) is 1. The number of carbonyl (C=O) groups is 3. The number of nitrogens with one attached hydrogen (secondary N) is 1. The average molecular weight is 513 g/mol. The highest BCUT2D eigenvalue weighted by Crippen LogP contribution is 2.33. The fraction of sp³-hybridized carbons (Fsp3) is 0.381. The molecule has 2 aromatic rings. The summed E-state index contributed by atoms with van der Waals surface area (Å²) in [7, 11) is 0. The summed E-state index contributed by atoms with van der Waals surface area (Å²) < 4.78 is 5.90. The van der Waals surface area contributed by atoms with Crippen LogP contribution in [0, 0.1) is 0 Å². The Labute approximate surface area is 204 Å². The summed E-state index contributed by atoms with van der Waals surface area (Å²) in [5.41, 5.74) is 1.07. The van der Waals surface area contributed by atoms with Crippen LogP contribution in [-0.4, -0.2) is 73.5 Å². The molecular weight excluding hydrogens is 491 g/mol. The fourth-order valence-electron chi connectivity index (χ4n) is 3.78. The number of aliphatic hydroxyl groups is 1. The Balaban J connectivity index is 1.40. The van der Waals surface area contributed by atoms with Gasteiger partial charge in [-0.25, -0.2) is 9.59 Å². The summed E-state index contributed by atoms with van der Waals surface area (Å²) in [6, 6.07) is 8.08. The minimum atomic E-state index is -0.541. The molecule has 176 valence electrons. The van der Waals surface area contributed by atoms with E-state index in [0.29, 0.717) is 38.7 Å². The highest BCUT2D eigenvalue weighted by Gasteiger charge is 2.34. The average Bonchev–Trinajstić information content (AvgIpc) is 3.39. The quantitative estimate of drug-likeness (QED) is 0.591. The van der Waals surface area contributed by atoms with Gasteiger partial charge in [-0.1, -0.05) is 23.2 Å². The lowest BCUT2D eigenvalue weighted by molar-refractivity contribution is 0.0920. The zero-order valence-electron chi connectivity index (χ0n) is 17.5. The monoisotopic (exact) mass is 512 g/mol. The van der Waals surface area contributed by atoms with Gasteiger partial charge >= 0.3 is 12.1 Å². The number of carbonyl (C=O) groups excluding carboxylic acids is 3. The van der Waals surface area contributed by atoms with E-state index >= 15 is 0 Å². The van der Waals surface area contributed by atoms with Gasteiger partial charge in [-0.2, -0.15) is 0 Å². The van der Waals surface area contributed by atoms with Crippen molar-refractivity contribution in [2.45, 2.75) is 12.5 Å². The van der Waals surface area contributed by atoms with E-state index in [4.69, 9.17) is 33.0 Å². The van der Waals surface area contributed by atoms with Gasteiger partial charge in [0.2, 0.25) is 0 Å². The first-order valence-electron chi connectivity index (χ1n) is 10.4. The summed E-state index contributed by atoms with van der Waals surface area (Å²) in [5, 5.41) is 12.2. The number of urea groups is 1. The number of hydrogen-bond donors (Lipinski definition) is 2. The molecule has 0 aliphatic carbocycles. The smallest absolute Gasteiger partial charge is 0.414 e. The van der Waals surface area contributed by atoms with Crippen LogP contribution in [0.3, 0.4) is 0 Å². The predicted octanol–water partition coefficient (Wildman–Crippen LogP) is 3.43. The molecule has 0 radical (unpaired) electrons. The number of hydrogen-bond acceptors (Lipinski definition) is 6. The number of aliphatic hydroxyl groups excluding tert-OH is 1. The molecule has 0 spiro atoms. The molecule has 4 amide bonds. The molecule has 9 nitrogen and oxygen atoms in total. The molecule has 1 atom stereocenters. The standard InChI is InChI=1S/C21H22Cl2N4O5S/c22-15-10-13(2-3-16(15)26-7-1-6-25(8-9-28)20(26)30)27-12-14(32-21(27)31)11-24-19(29)17-4-5-18(23)33-17/h2-5,10,14,28H,1,6-9,11-12H2,(H,24,29). The van der Waals surface area contributed by atoms with Crippen molar-refractivity contribution in [3.05, 3.63) is 44.6 Å².